The number of nitrogens with one attached hydrogen (secondary N) is 2. The predicted molar refractivity (Wildman–Crippen MR) is 128 cm³/mol. The van der Waals surface area contributed by atoms with Gasteiger partial charge < -0.3 is 24.3 Å². The van der Waals surface area contributed by atoms with Crippen molar-refractivity contribution in [1.82, 2.24) is 10.7 Å². The van der Waals surface area contributed by atoms with E-state index < -0.39 is 18.0 Å². The standard InChI is InChI=1S/C25H29N3O7/c1-3-33-25(31)35-21-11-8-17(12-22(21)32-2)14-27-28-23(29)15-26-24(30)16-34-20-10-9-18-6-4-5-7-19(18)13-20/h8-14H,3-7,15-16H2,1-2H3,(H,26,30)(H,28,29)/b27-14-. The lowest BCUT2D eigenvalue weighted by molar-refractivity contribution is -0.127. The van der Waals surface area contributed by atoms with E-state index in [0.717, 1.165) is 19.3 Å². The molecule has 0 fully saturated rings. The van der Waals surface area contributed by atoms with Gasteiger partial charge in [0, 0.05) is 0 Å². The summed E-state index contributed by atoms with van der Waals surface area (Å²) >= 11 is 0. The zero-order valence-corrected chi connectivity index (χ0v) is 19.8. The van der Waals surface area contributed by atoms with Crippen molar-refractivity contribution < 1.29 is 33.3 Å². The van der Waals surface area contributed by atoms with E-state index in [9.17, 15) is 14.4 Å². The molecule has 0 spiro atoms. The molecule has 0 atom stereocenters. The predicted octanol–water partition coefficient (Wildman–Crippen LogP) is 2.75. The fraction of sp³-hybridized carbons (Fsp3) is 0.360. The minimum absolute atomic E-state index is 0.185. The van der Waals surface area contributed by atoms with Crippen LogP contribution in [0, 0.1) is 0 Å². The Balaban J connectivity index is 1.40. The van der Waals surface area contributed by atoms with Gasteiger partial charge in [0.2, 0.25) is 0 Å². The van der Waals surface area contributed by atoms with Gasteiger partial charge in [0.25, 0.3) is 11.8 Å². The molecule has 0 radical (unpaired) electrons. The van der Waals surface area contributed by atoms with Crippen LogP contribution in [0.15, 0.2) is 41.5 Å². The third-order valence-electron chi connectivity index (χ3n) is 5.18. The monoisotopic (exact) mass is 483 g/mol. The van der Waals surface area contributed by atoms with Crippen molar-refractivity contribution in [3.05, 3.63) is 53.1 Å². The molecular formula is C25H29N3O7. The minimum atomic E-state index is -0.838. The molecule has 10 nitrogen and oxygen atoms in total. The molecular weight excluding hydrogens is 454 g/mol. The van der Waals surface area contributed by atoms with Gasteiger partial charge in [-0.15, -0.1) is 0 Å². The average Bonchev–Trinajstić information content (AvgIpc) is 2.87. The Morgan fingerprint density at radius 3 is 2.57 bits per heavy atom. The third-order valence-corrected chi connectivity index (χ3v) is 5.18. The van der Waals surface area contributed by atoms with Crippen molar-refractivity contribution in [3.63, 3.8) is 0 Å². The van der Waals surface area contributed by atoms with E-state index in [4.69, 9.17) is 18.9 Å². The third kappa shape index (κ3) is 8.02. The van der Waals surface area contributed by atoms with Crippen LogP contribution in [0.3, 0.4) is 0 Å². The number of amides is 2. The van der Waals surface area contributed by atoms with Crippen LogP contribution in [0.5, 0.6) is 17.2 Å². The number of nitrogens with zero attached hydrogens (tertiary/aromatic N) is 1. The molecule has 0 aromatic heterocycles. The van der Waals surface area contributed by atoms with Crippen LogP contribution < -0.4 is 25.0 Å². The number of aryl methyl sites for hydroxylation is 2. The Morgan fingerprint density at radius 1 is 1.00 bits per heavy atom. The molecule has 1 aliphatic rings. The Hall–Kier alpha value is -4.08. The second-order valence-corrected chi connectivity index (χ2v) is 7.69. The lowest BCUT2D eigenvalue weighted by Crippen LogP contribution is -2.37. The van der Waals surface area contributed by atoms with Gasteiger partial charge >= 0.3 is 6.16 Å². The molecule has 2 N–H and O–H groups in total. The first-order valence-corrected chi connectivity index (χ1v) is 11.3. The van der Waals surface area contributed by atoms with Crippen LogP contribution >= 0.6 is 0 Å². The Labute approximate surface area is 203 Å². The molecule has 0 unspecified atom stereocenters. The first kappa shape index (κ1) is 25.5. The van der Waals surface area contributed by atoms with Crippen molar-refractivity contribution in [2.75, 3.05) is 26.9 Å². The molecule has 2 aromatic rings. The summed E-state index contributed by atoms with van der Waals surface area (Å²) in [5.41, 5.74) is 5.51. The number of carbonyl (C=O) groups is 3. The van der Waals surface area contributed by atoms with Crippen molar-refractivity contribution in [2.24, 2.45) is 5.10 Å². The van der Waals surface area contributed by atoms with E-state index in [0.29, 0.717) is 17.1 Å². The minimum Gasteiger partial charge on any atom is -0.493 e. The van der Waals surface area contributed by atoms with Crippen molar-refractivity contribution in [2.45, 2.75) is 32.6 Å². The molecule has 2 aromatic carbocycles. The van der Waals surface area contributed by atoms with Crippen molar-refractivity contribution in [3.8, 4) is 17.2 Å². The lowest BCUT2D eigenvalue weighted by Gasteiger charge is -2.16. The number of benzene rings is 2. The van der Waals surface area contributed by atoms with E-state index >= 15 is 0 Å². The van der Waals surface area contributed by atoms with Gasteiger partial charge in [-0.25, -0.2) is 10.2 Å². The van der Waals surface area contributed by atoms with Crippen LogP contribution in [0.25, 0.3) is 0 Å². The van der Waals surface area contributed by atoms with Crippen LogP contribution in [-0.2, 0) is 27.2 Å². The second-order valence-electron chi connectivity index (χ2n) is 7.69. The van der Waals surface area contributed by atoms with Crippen LogP contribution in [-0.4, -0.2) is 51.1 Å². The van der Waals surface area contributed by atoms with Gasteiger partial charge in [0.15, 0.2) is 18.1 Å². The topological polar surface area (TPSA) is 125 Å². The number of hydrazone groups is 1. The summed E-state index contributed by atoms with van der Waals surface area (Å²) < 4.78 is 20.5. The Kier molecular flexibility index (Phi) is 9.47. The van der Waals surface area contributed by atoms with Gasteiger partial charge in [-0.05, 0) is 79.6 Å². The summed E-state index contributed by atoms with van der Waals surface area (Å²) in [6.45, 7) is 1.42. The molecule has 186 valence electrons. The first-order valence-electron chi connectivity index (χ1n) is 11.3. The van der Waals surface area contributed by atoms with Gasteiger partial charge in [-0.1, -0.05) is 6.07 Å². The maximum absolute atomic E-state index is 12.0. The molecule has 0 aliphatic heterocycles. The Bertz CT molecular complexity index is 1080. The number of fused-ring (bicyclic) bond motifs is 1. The van der Waals surface area contributed by atoms with Crippen LogP contribution in [0.4, 0.5) is 4.79 Å². The number of hydrogen-bond donors (Lipinski definition) is 2. The fourth-order valence-corrected chi connectivity index (χ4v) is 3.48. The zero-order valence-electron chi connectivity index (χ0n) is 19.8. The van der Waals surface area contributed by atoms with E-state index in [-0.39, 0.29) is 25.5 Å². The highest BCUT2D eigenvalue weighted by Crippen LogP contribution is 2.28. The highest BCUT2D eigenvalue weighted by molar-refractivity contribution is 5.87. The number of carbonyl (C=O) groups excluding carboxylic acids is 3. The molecule has 0 saturated carbocycles. The summed E-state index contributed by atoms with van der Waals surface area (Å²) in [5.74, 6) is 0.206. The zero-order chi connectivity index (χ0) is 25.0. The Morgan fingerprint density at radius 2 is 1.80 bits per heavy atom. The number of ether oxygens (including phenoxy) is 4. The molecule has 0 heterocycles. The largest absolute Gasteiger partial charge is 0.513 e. The maximum Gasteiger partial charge on any atom is 0.513 e. The molecule has 35 heavy (non-hydrogen) atoms. The second kappa shape index (κ2) is 13.0. The van der Waals surface area contributed by atoms with E-state index in [2.05, 4.69) is 15.8 Å². The quantitative estimate of drug-likeness (QED) is 0.230. The van der Waals surface area contributed by atoms with Gasteiger partial charge in [-0.3, -0.25) is 9.59 Å². The number of rotatable bonds is 10. The molecule has 2 amide bonds. The van der Waals surface area contributed by atoms with Crippen molar-refractivity contribution >= 4 is 24.2 Å². The summed E-state index contributed by atoms with van der Waals surface area (Å²) in [7, 11) is 1.42. The van der Waals surface area contributed by atoms with Gasteiger partial charge in [-0.2, -0.15) is 5.10 Å². The molecule has 0 saturated heterocycles. The van der Waals surface area contributed by atoms with E-state index in [1.165, 1.54) is 36.9 Å². The normalized spacial score (nSPS) is 12.4. The van der Waals surface area contributed by atoms with Gasteiger partial charge in [0.05, 0.1) is 26.5 Å². The summed E-state index contributed by atoms with van der Waals surface area (Å²) in [6, 6.07) is 10.6. The van der Waals surface area contributed by atoms with E-state index in [1.54, 1.807) is 19.1 Å². The first-order chi connectivity index (χ1) is 17.0. The molecule has 10 heteroatoms. The highest BCUT2D eigenvalue weighted by atomic mass is 16.7. The summed E-state index contributed by atoms with van der Waals surface area (Å²) in [5, 5.41) is 6.34. The van der Waals surface area contributed by atoms with Crippen LogP contribution in [0.2, 0.25) is 0 Å². The molecule has 1 aliphatic carbocycles. The number of hydrogen-bond acceptors (Lipinski definition) is 8. The summed E-state index contributed by atoms with van der Waals surface area (Å²) in [6.07, 6.45) is 5.02. The van der Waals surface area contributed by atoms with Crippen molar-refractivity contribution in [1.29, 1.82) is 0 Å². The number of methoxy groups -OCH3 is 1. The summed E-state index contributed by atoms with van der Waals surface area (Å²) in [4.78, 5) is 35.4. The van der Waals surface area contributed by atoms with Gasteiger partial charge in [0.1, 0.15) is 5.75 Å². The molecule has 0 bridgehead atoms. The smallest absolute Gasteiger partial charge is 0.493 e. The van der Waals surface area contributed by atoms with E-state index in [1.807, 2.05) is 18.2 Å². The molecule has 3 rings (SSSR count). The lowest BCUT2D eigenvalue weighted by atomic mass is 9.92. The fourth-order valence-electron chi connectivity index (χ4n) is 3.48. The maximum atomic E-state index is 12.0. The van der Waals surface area contributed by atoms with Crippen LogP contribution in [0.1, 0.15) is 36.5 Å². The SMILES string of the molecule is CCOC(=O)Oc1ccc(/C=N\NC(=O)CNC(=O)COc2ccc3c(c2)CCCC3)cc1OC. The average molecular weight is 484 g/mol. The highest BCUT2D eigenvalue weighted by Gasteiger charge is 2.12.